The van der Waals surface area contributed by atoms with Gasteiger partial charge in [0.2, 0.25) is 5.56 Å². The quantitative estimate of drug-likeness (QED) is 0.886. The fourth-order valence-electron chi connectivity index (χ4n) is 1.71. The molecule has 5 nitrogen and oxygen atoms in total. The van der Waals surface area contributed by atoms with Crippen molar-refractivity contribution in [3.8, 4) is 16.9 Å². The summed E-state index contributed by atoms with van der Waals surface area (Å²) in [6, 6.07) is 4.94. The van der Waals surface area contributed by atoms with Crippen LogP contribution in [0.25, 0.3) is 11.1 Å². The van der Waals surface area contributed by atoms with Crippen molar-refractivity contribution in [3.05, 3.63) is 52.2 Å². The molecule has 0 saturated heterocycles. The molecule has 0 aliphatic carbocycles. The zero-order valence-corrected chi connectivity index (χ0v) is 9.94. The van der Waals surface area contributed by atoms with Gasteiger partial charge in [0.15, 0.2) is 11.6 Å². The molecule has 2 aromatic rings. The van der Waals surface area contributed by atoms with Gasteiger partial charge >= 0.3 is 5.97 Å². The predicted octanol–water partition coefficient (Wildman–Crippen LogP) is 1.89. The minimum absolute atomic E-state index is 0.0000359. The summed E-state index contributed by atoms with van der Waals surface area (Å²) >= 11 is 0. The molecule has 0 aliphatic heterocycles. The van der Waals surface area contributed by atoms with Crippen LogP contribution >= 0.6 is 0 Å². The van der Waals surface area contributed by atoms with Gasteiger partial charge in [0.25, 0.3) is 0 Å². The van der Waals surface area contributed by atoms with Gasteiger partial charge in [-0.2, -0.15) is 0 Å². The molecule has 0 unspecified atom stereocenters. The van der Waals surface area contributed by atoms with E-state index >= 15 is 0 Å². The Morgan fingerprint density at radius 2 is 2.11 bits per heavy atom. The number of benzene rings is 1. The summed E-state index contributed by atoms with van der Waals surface area (Å²) in [6.07, 6.45) is 1.28. The van der Waals surface area contributed by atoms with Crippen molar-refractivity contribution in [2.24, 2.45) is 0 Å². The molecule has 0 fully saturated rings. The van der Waals surface area contributed by atoms with Gasteiger partial charge < -0.3 is 14.8 Å². The molecule has 0 saturated carbocycles. The van der Waals surface area contributed by atoms with E-state index in [0.29, 0.717) is 5.56 Å². The van der Waals surface area contributed by atoms with Crippen LogP contribution in [-0.2, 0) is 0 Å². The van der Waals surface area contributed by atoms with Crippen LogP contribution in [0.4, 0.5) is 4.39 Å². The van der Waals surface area contributed by atoms with E-state index in [1.54, 1.807) is 0 Å². The summed E-state index contributed by atoms with van der Waals surface area (Å²) in [5.74, 6) is -1.78. The number of rotatable bonds is 3. The first kappa shape index (κ1) is 12.8. The summed E-state index contributed by atoms with van der Waals surface area (Å²) in [6.45, 7) is 0. The molecule has 98 valence electrons. The third-order valence-electron chi connectivity index (χ3n) is 2.62. The molecular weight excluding hydrogens is 253 g/mol. The molecule has 0 atom stereocenters. The SMILES string of the molecule is COc1cc(-c2c[nH]c(=O)cc2C(=O)O)ccc1F. The van der Waals surface area contributed by atoms with Crippen LogP contribution in [-0.4, -0.2) is 23.2 Å². The molecule has 0 amide bonds. The third kappa shape index (κ3) is 2.47. The maximum Gasteiger partial charge on any atom is 0.336 e. The number of H-pyrrole nitrogens is 1. The summed E-state index contributed by atoms with van der Waals surface area (Å²) < 4.78 is 18.1. The van der Waals surface area contributed by atoms with Crippen LogP contribution in [0.5, 0.6) is 5.75 Å². The van der Waals surface area contributed by atoms with E-state index in [4.69, 9.17) is 9.84 Å². The number of methoxy groups -OCH3 is 1. The molecule has 0 aliphatic rings. The van der Waals surface area contributed by atoms with Crippen LogP contribution in [0.15, 0.2) is 35.3 Å². The van der Waals surface area contributed by atoms with Crippen molar-refractivity contribution in [2.75, 3.05) is 7.11 Å². The monoisotopic (exact) mass is 263 g/mol. The highest BCUT2D eigenvalue weighted by molar-refractivity contribution is 5.95. The van der Waals surface area contributed by atoms with E-state index in [0.717, 1.165) is 6.07 Å². The number of aromatic carboxylic acids is 1. The van der Waals surface area contributed by atoms with Crippen molar-refractivity contribution in [1.29, 1.82) is 0 Å². The van der Waals surface area contributed by atoms with Gasteiger partial charge in [0.05, 0.1) is 12.7 Å². The van der Waals surface area contributed by atoms with Crippen LogP contribution in [0.2, 0.25) is 0 Å². The number of halogens is 1. The molecule has 1 heterocycles. The normalized spacial score (nSPS) is 10.2. The largest absolute Gasteiger partial charge is 0.494 e. The number of carbonyl (C=O) groups is 1. The average molecular weight is 263 g/mol. The van der Waals surface area contributed by atoms with Gasteiger partial charge in [0, 0.05) is 17.8 Å². The summed E-state index contributed by atoms with van der Waals surface area (Å²) in [5, 5.41) is 9.07. The Morgan fingerprint density at radius 3 is 2.74 bits per heavy atom. The van der Waals surface area contributed by atoms with Crippen LogP contribution in [0.3, 0.4) is 0 Å². The zero-order valence-electron chi connectivity index (χ0n) is 9.94. The lowest BCUT2D eigenvalue weighted by atomic mass is 10.0. The molecular formula is C13H10FNO4. The molecule has 2 rings (SSSR count). The smallest absolute Gasteiger partial charge is 0.336 e. The Kier molecular flexibility index (Phi) is 3.33. The van der Waals surface area contributed by atoms with Crippen molar-refractivity contribution >= 4 is 5.97 Å². The van der Waals surface area contributed by atoms with Gasteiger partial charge in [-0.3, -0.25) is 4.79 Å². The second kappa shape index (κ2) is 4.93. The Hall–Kier alpha value is -2.63. The summed E-state index contributed by atoms with van der Waals surface area (Å²) in [5.41, 5.74) is 0.0462. The third-order valence-corrected chi connectivity index (χ3v) is 2.62. The van der Waals surface area contributed by atoms with Crippen LogP contribution in [0, 0.1) is 5.82 Å². The lowest BCUT2D eigenvalue weighted by molar-refractivity contribution is 0.0697. The minimum atomic E-state index is -1.23. The number of ether oxygens (including phenoxy) is 1. The lowest BCUT2D eigenvalue weighted by Crippen LogP contribution is -2.10. The second-order valence-corrected chi connectivity index (χ2v) is 3.78. The van der Waals surface area contributed by atoms with Crippen molar-refractivity contribution in [1.82, 2.24) is 4.98 Å². The zero-order chi connectivity index (χ0) is 14.0. The fraction of sp³-hybridized carbons (Fsp3) is 0.0769. The maximum absolute atomic E-state index is 13.3. The lowest BCUT2D eigenvalue weighted by Gasteiger charge is -2.08. The Bertz CT molecular complexity index is 693. The van der Waals surface area contributed by atoms with E-state index in [1.165, 1.54) is 31.5 Å². The van der Waals surface area contributed by atoms with E-state index in [-0.39, 0.29) is 16.9 Å². The summed E-state index contributed by atoms with van der Waals surface area (Å²) in [4.78, 5) is 24.7. The van der Waals surface area contributed by atoms with Gasteiger partial charge in [-0.1, -0.05) is 6.07 Å². The van der Waals surface area contributed by atoms with Gasteiger partial charge in [-0.05, 0) is 17.7 Å². The van der Waals surface area contributed by atoms with Crippen molar-refractivity contribution in [3.63, 3.8) is 0 Å². The predicted molar refractivity (Wildman–Crippen MR) is 66.0 cm³/mol. The molecule has 0 bridgehead atoms. The number of carboxylic acids is 1. The molecule has 6 heteroatoms. The standard InChI is InChI=1S/C13H10FNO4/c1-19-11-4-7(2-3-10(11)14)9-6-15-12(16)5-8(9)13(17)18/h2-6H,1H3,(H,15,16)(H,17,18). The van der Waals surface area contributed by atoms with Crippen molar-refractivity contribution < 1.29 is 19.0 Å². The first-order valence-corrected chi connectivity index (χ1v) is 5.33. The van der Waals surface area contributed by atoms with E-state index in [1.807, 2.05) is 0 Å². The van der Waals surface area contributed by atoms with Gasteiger partial charge in [-0.15, -0.1) is 0 Å². The number of pyridine rings is 1. The van der Waals surface area contributed by atoms with Crippen LogP contribution < -0.4 is 10.3 Å². The van der Waals surface area contributed by atoms with E-state index < -0.39 is 17.3 Å². The van der Waals surface area contributed by atoms with Crippen LogP contribution in [0.1, 0.15) is 10.4 Å². The number of carboxylic acid groups (broad SMARTS) is 1. The molecule has 19 heavy (non-hydrogen) atoms. The number of hydrogen-bond acceptors (Lipinski definition) is 3. The number of aromatic nitrogens is 1. The van der Waals surface area contributed by atoms with Gasteiger partial charge in [0.1, 0.15) is 0 Å². The van der Waals surface area contributed by atoms with E-state index in [9.17, 15) is 14.0 Å². The fourth-order valence-corrected chi connectivity index (χ4v) is 1.71. The second-order valence-electron chi connectivity index (χ2n) is 3.78. The molecule has 0 radical (unpaired) electrons. The maximum atomic E-state index is 13.3. The first-order valence-electron chi connectivity index (χ1n) is 5.33. The first-order chi connectivity index (χ1) is 9.02. The van der Waals surface area contributed by atoms with E-state index in [2.05, 4.69) is 4.98 Å². The number of hydrogen-bond donors (Lipinski definition) is 2. The molecule has 1 aromatic carbocycles. The summed E-state index contributed by atoms with van der Waals surface area (Å²) in [7, 11) is 1.31. The van der Waals surface area contributed by atoms with Crippen molar-refractivity contribution in [2.45, 2.75) is 0 Å². The Labute approximate surface area is 107 Å². The highest BCUT2D eigenvalue weighted by Gasteiger charge is 2.14. The molecule has 0 spiro atoms. The highest BCUT2D eigenvalue weighted by Crippen LogP contribution is 2.27. The minimum Gasteiger partial charge on any atom is -0.494 e. The molecule has 1 aromatic heterocycles. The Morgan fingerprint density at radius 1 is 1.37 bits per heavy atom. The molecule has 2 N–H and O–H groups in total. The highest BCUT2D eigenvalue weighted by atomic mass is 19.1. The number of aromatic amines is 1. The van der Waals surface area contributed by atoms with Gasteiger partial charge in [-0.25, -0.2) is 9.18 Å². The Balaban J connectivity index is 2.65. The average Bonchev–Trinajstić information content (AvgIpc) is 2.39. The topological polar surface area (TPSA) is 79.4 Å². The number of nitrogens with one attached hydrogen (secondary N) is 1.